The first-order valence-corrected chi connectivity index (χ1v) is 9.09. The minimum absolute atomic E-state index is 0.350. The zero-order valence-electron chi connectivity index (χ0n) is 14.1. The highest BCUT2D eigenvalue weighted by atomic mass is 32.1. The molecular formula is C17H25N5S. The average molecular weight is 331 g/mol. The van der Waals surface area contributed by atoms with Crippen molar-refractivity contribution in [3.63, 3.8) is 0 Å². The number of aromatic nitrogens is 3. The fourth-order valence-corrected chi connectivity index (χ4v) is 4.16. The second-order valence-electron chi connectivity index (χ2n) is 6.51. The maximum Gasteiger partial charge on any atom is 0.0798 e. The SMILES string of the molecule is Cc1ncsc1CN(C)C[C@@H]1CCN([C@H](C)c2cnccn2)C1. The Labute approximate surface area is 142 Å². The Morgan fingerprint density at radius 3 is 2.96 bits per heavy atom. The zero-order valence-corrected chi connectivity index (χ0v) is 15.0. The van der Waals surface area contributed by atoms with Crippen LogP contribution >= 0.6 is 11.3 Å². The molecule has 0 aliphatic carbocycles. The number of likely N-dealkylation sites (tertiary alicyclic amines) is 1. The summed E-state index contributed by atoms with van der Waals surface area (Å²) in [5.74, 6) is 0.729. The van der Waals surface area contributed by atoms with Crippen LogP contribution in [0.15, 0.2) is 24.1 Å². The van der Waals surface area contributed by atoms with Gasteiger partial charge < -0.3 is 4.90 Å². The number of nitrogens with zero attached hydrogens (tertiary/aromatic N) is 5. The van der Waals surface area contributed by atoms with Crippen LogP contribution in [0.3, 0.4) is 0 Å². The molecule has 0 bridgehead atoms. The maximum absolute atomic E-state index is 4.45. The lowest BCUT2D eigenvalue weighted by molar-refractivity contribution is 0.225. The average Bonchev–Trinajstić information content (AvgIpc) is 3.17. The summed E-state index contributed by atoms with van der Waals surface area (Å²) in [5, 5.41) is 0. The van der Waals surface area contributed by atoms with Crippen LogP contribution in [0.1, 0.15) is 35.7 Å². The molecule has 3 rings (SSSR count). The van der Waals surface area contributed by atoms with Crippen molar-refractivity contribution in [2.75, 3.05) is 26.7 Å². The van der Waals surface area contributed by atoms with E-state index in [0.29, 0.717) is 6.04 Å². The first-order chi connectivity index (χ1) is 11.1. The van der Waals surface area contributed by atoms with Crippen LogP contribution in [0.4, 0.5) is 0 Å². The van der Waals surface area contributed by atoms with Crippen molar-refractivity contribution in [3.8, 4) is 0 Å². The van der Waals surface area contributed by atoms with Gasteiger partial charge in [-0.2, -0.15) is 0 Å². The summed E-state index contributed by atoms with van der Waals surface area (Å²) in [6.45, 7) is 8.77. The molecule has 1 saturated heterocycles. The van der Waals surface area contributed by atoms with Crippen molar-refractivity contribution in [2.45, 2.75) is 32.9 Å². The van der Waals surface area contributed by atoms with Crippen LogP contribution in [0.2, 0.25) is 0 Å². The lowest BCUT2D eigenvalue weighted by Gasteiger charge is -2.25. The third-order valence-electron chi connectivity index (χ3n) is 4.70. The number of thiazole rings is 1. The summed E-state index contributed by atoms with van der Waals surface area (Å²) in [6.07, 6.45) is 6.66. The summed E-state index contributed by atoms with van der Waals surface area (Å²) < 4.78 is 0. The molecule has 0 amide bonds. The van der Waals surface area contributed by atoms with E-state index in [1.54, 1.807) is 23.7 Å². The van der Waals surface area contributed by atoms with E-state index in [4.69, 9.17) is 0 Å². The van der Waals surface area contributed by atoms with Gasteiger partial charge in [-0.05, 0) is 39.8 Å². The topological polar surface area (TPSA) is 45.2 Å². The second kappa shape index (κ2) is 7.47. The van der Waals surface area contributed by atoms with Gasteiger partial charge in [-0.15, -0.1) is 11.3 Å². The molecule has 124 valence electrons. The van der Waals surface area contributed by atoms with E-state index in [-0.39, 0.29) is 0 Å². The van der Waals surface area contributed by atoms with Gasteiger partial charge >= 0.3 is 0 Å². The maximum atomic E-state index is 4.45. The molecule has 5 nitrogen and oxygen atoms in total. The molecular weight excluding hydrogens is 306 g/mol. The fraction of sp³-hybridized carbons (Fsp3) is 0.588. The molecule has 0 spiro atoms. The van der Waals surface area contributed by atoms with E-state index < -0.39 is 0 Å². The Morgan fingerprint density at radius 2 is 2.26 bits per heavy atom. The van der Waals surface area contributed by atoms with E-state index in [9.17, 15) is 0 Å². The van der Waals surface area contributed by atoms with Gasteiger partial charge in [0.1, 0.15) is 0 Å². The quantitative estimate of drug-likeness (QED) is 0.814. The van der Waals surface area contributed by atoms with Gasteiger partial charge in [0.15, 0.2) is 0 Å². The molecule has 1 aliphatic rings. The van der Waals surface area contributed by atoms with Crippen LogP contribution in [0, 0.1) is 12.8 Å². The molecule has 2 atom stereocenters. The third-order valence-corrected chi connectivity index (χ3v) is 5.62. The lowest BCUT2D eigenvalue weighted by atomic mass is 10.1. The molecule has 0 unspecified atom stereocenters. The molecule has 2 aromatic rings. The Bertz CT molecular complexity index is 614. The molecule has 2 aromatic heterocycles. The summed E-state index contributed by atoms with van der Waals surface area (Å²) in [6, 6.07) is 0.350. The van der Waals surface area contributed by atoms with Gasteiger partial charge in [0, 0.05) is 43.1 Å². The highest BCUT2D eigenvalue weighted by Crippen LogP contribution is 2.26. The van der Waals surface area contributed by atoms with Crippen LogP contribution in [-0.4, -0.2) is 51.4 Å². The molecule has 0 saturated carbocycles. The van der Waals surface area contributed by atoms with Crippen LogP contribution in [0.5, 0.6) is 0 Å². The minimum atomic E-state index is 0.350. The number of hydrogen-bond acceptors (Lipinski definition) is 6. The van der Waals surface area contributed by atoms with Crippen molar-refractivity contribution in [3.05, 3.63) is 40.4 Å². The van der Waals surface area contributed by atoms with Crippen LogP contribution in [0.25, 0.3) is 0 Å². The van der Waals surface area contributed by atoms with Crippen molar-refractivity contribution < 1.29 is 0 Å². The predicted octanol–water partition coefficient (Wildman–Crippen LogP) is 2.76. The number of aryl methyl sites for hydroxylation is 1. The van der Waals surface area contributed by atoms with Gasteiger partial charge in [0.2, 0.25) is 0 Å². The highest BCUT2D eigenvalue weighted by Gasteiger charge is 2.28. The molecule has 0 radical (unpaired) electrons. The van der Waals surface area contributed by atoms with E-state index in [1.807, 2.05) is 11.7 Å². The first kappa shape index (κ1) is 16.5. The van der Waals surface area contributed by atoms with E-state index >= 15 is 0 Å². The molecule has 0 aromatic carbocycles. The standard InChI is InChI=1S/C17H25N5S/c1-13-17(23-12-20-13)11-21(3)9-15-4-7-22(10-15)14(2)16-8-18-5-6-19-16/h5-6,8,12,14-15H,4,7,9-11H2,1-3H3/t14-,15+/m1/s1. The predicted molar refractivity (Wildman–Crippen MR) is 93.3 cm³/mol. The van der Waals surface area contributed by atoms with Crippen molar-refractivity contribution in [2.24, 2.45) is 5.92 Å². The fourth-order valence-electron chi connectivity index (χ4n) is 3.31. The molecule has 23 heavy (non-hydrogen) atoms. The van der Waals surface area contributed by atoms with Gasteiger partial charge in [-0.3, -0.25) is 14.9 Å². The molecule has 3 heterocycles. The van der Waals surface area contributed by atoms with Crippen LogP contribution < -0.4 is 0 Å². The van der Waals surface area contributed by atoms with Crippen LogP contribution in [-0.2, 0) is 6.54 Å². The monoisotopic (exact) mass is 331 g/mol. The number of rotatable bonds is 6. The summed E-state index contributed by atoms with van der Waals surface area (Å²) in [7, 11) is 2.22. The molecule has 1 aliphatic heterocycles. The lowest BCUT2D eigenvalue weighted by Crippen LogP contribution is -2.29. The molecule has 0 N–H and O–H groups in total. The second-order valence-corrected chi connectivity index (χ2v) is 7.45. The normalized spacial score (nSPS) is 20.3. The third kappa shape index (κ3) is 4.13. The van der Waals surface area contributed by atoms with Crippen molar-refractivity contribution in [1.82, 2.24) is 24.8 Å². The van der Waals surface area contributed by atoms with Gasteiger partial charge in [-0.25, -0.2) is 4.98 Å². The minimum Gasteiger partial charge on any atom is -0.301 e. The van der Waals surface area contributed by atoms with Crippen molar-refractivity contribution in [1.29, 1.82) is 0 Å². The van der Waals surface area contributed by atoms with E-state index in [2.05, 4.69) is 45.6 Å². The smallest absolute Gasteiger partial charge is 0.0798 e. The van der Waals surface area contributed by atoms with Gasteiger partial charge in [0.25, 0.3) is 0 Å². The number of hydrogen-bond donors (Lipinski definition) is 0. The Kier molecular flexibility index (Phi) is 5.35. The van der Waals surface area contributed by atoms with E-state index in [1.165, 1.54) is 17.0 Å². The van der Waals surface area contributed by atoms with Gasteiger partial charge in [0.05, 0.1) is 22.9 Å². The summed E-state index contributed by atoms with van der Waals surface area (Å²) in [5.41, 5.74) is 4.19. The van der Waals surface area contributed by atoms with Gasteiger partial charge in [-0.1, -0.05) is 0 Å². The Balaban J connectivity index is 1.51. The largest absolute Gasteiger partial charge is 0.301 e. The van der Waals surface area contributed by atoms with Crippen molar-refractivity contribution >= 4 is 11.3 Å². The molecule has 6 heteroatoms. The highest BCUT2D eigenvalue weighted by molar-refractivity contribution is 7.09. The Hall–Kier alpha value is -1.37. The summed E-state index contributed by atoms with van der Waals surface area (Å²) in [4.78, 5) is 19.3. The van der Waals surface area contributed by atoms with E-state index in [0.717, 1.165) is 37.8 Å². The Morgan fingerprint density at radius 1 is 1.39 bits per heavy atom. The summed E-state index contributed by atoms with van der Waals surface area (Å²) >= 11 is 1.76. The first-order valence-electron chi connectivity index (χ1n) is 8.21. The zero-order chi connectivity index (χ0) is 16.2. The molecule has 1 fully saturated rings.